The zero-order valence-electron chi connectivity index (χ0n) is 33.5. The van der Waals surface area contributed by atoms with E-state index in [1.165, 1.54) is 0 Å². The van der Waals surface area contributed by atoms with Crippen LogP contribution in [0.3, 0.4) is 0 Å². The molecule has 0 N–H and O–H groups in total. The highest BCUT2D eigenvalue weighted by Gasteiger charge is 2.21. The summed E-state index contributed by atoms with van der Waals surface area (Å²) in [5.41, 5.74) is 9.91. The third-order valence-corrected chi connectivity index (χ3v) is 10.6. The Labute approximate surface area is 323 Å². The molecule has 9 aromatic carbocycles. The summed E-state index contributed by atoms with van der Waals surface area (Å²) < 4.78 is 49.8. The van der Waals surface area contributed by atoms with E-state index < -0.39 is 0 Å². The molecule has 0 aliphatic carbocycles. The lowest BCUT2D eigenvalue weighted by atomic mass is 9.96. The molecule has 3 heteroatoms. The number of rotatable bonds is 6. The van der Waals surface area contributed by atoms with Gasteiger partial charge in [-0.25, -0.2) is 0 Å². The van der Waals surface area contributed by atoms with E-state index >= 15 is 0 Å². The van der Waals surface area contributed by atoms with Crippen LogP contribution >= 0.6 is 0 Å². The average Bonchev–Trinajstić information content (AvgIpc) is 3.85. The Kier molecular flexibility index (Phi) is 6.27. The van der Waals surface area contributed by atoms with Crippen LogP contribution in [0.25, 0.3) is 88.0 Å². The van der Waals surface area contributed by atoms with Gasteiger partial charge in [0.25, 0.3) is 0 Å². The number of para-hydroxylation sites is 2. The Morgan fingerprint density at radius 3 is 1.76 bits per heavy atom. The monoisotopic (exact) mass is 707 g/mol. The van der Waals surface area contributed by atoms with Crippen LogP contribution in [0.1, 0.15) is 5.48 Å². The summed E-state index contributed by atoms with van der Waals surface area (Å²) in [7, 11) is 0. The smallest absolute Gasteiger partial charge is 0.136 e. The molecule has 11 aromatic rings. The maximum absolute atomic E-state index is 9.60. The van der Waals surface area contributed by atoms with Crippen molar-refractivity contribution < 1.29 is 14.3 Å². The van der Waals surface area contributed by atoms with E-state index in [1.54, 1.807) is 0 Å². The second-order valence-electron chi connectivity index (χ2n) is 13.8. The molecular formula is C52H33NO2. The molecular weight excluding hydrogens is 671 g/mol. The zero-order valence-corrected chi connectivity index (χ0v) is 29.5. The van der Waals surface area contributed by atoms with Crippen molar-refractivity contribution in [3.05, 3.63) is 200 Å². The lowest BCUT2D eigenvalue weighted by Crippen LogP contribution is -2.11. The summed E-state index contributed by atoms with van der Waals surface area (Å²) in [6.45, 7) is 0. The molecule has 55 heavy (non-hydrogen) atoms. The molecule has 0 bridgehead atoms. The van der Waals surface area contributed by atoms with Gasteiger partial charge in [-0.2, -0.15) is 0 Å². The Balaban J connectivity index is 1.13. The summed E-state index contributed by atoms with van der Waals surface area (Å²) in [6.07, 6.45) is 0. The van der Waals surface area contributed by atoms with E-state index in [4.69, 9.17) is 11.6 Å². The third-order valence-electron chi connectivity index (χ3n) is 10.6. The predicted octanol–water partition coefficient (Wildman–Crippen LogP) is 15.1. The third kappa shape index (κ3) is 5.28. The van der Waals surface area contributed by atoms with Gasteiger partial charge < -0.3 is 13.7 Å². The van der Waals surface area contributed by atoms with Crippen molar-refractivity contribution in [3.8, 4) is 33.4 Å². The lowest BCUT2D eigenvalue weighted by molar-refractivity contribution is 0.669. The molecule has 2 aromatic heterocycles. The fraction of sp³-hybridized carbons (Fsp3) is 0. The summed E-state index contributed by atoms with van der Waals surface area (Å²) in [6, 6.07) is 57.8. The van der Waals surface area contributed by atoms with Gasteiger partial charge in [-0.3, -0.25) is 0 Å². The SMILES string of the molecule is [2H]c1c([2H])c([2H])c(N(c2ccc(-c3ccccc3)cc2)c2ccc(-c3ccc4c(c3)oc3ccccc34)cc2)c(-c2cccc3oc4cc5ccccc5cc4c23)c1[2H]. The quantitative estimate of drug-likeness (QED) is 0.172. The molecule has 0 spiro atoms. The fourth-order valence-electron chi connectivity index (χ4n) is 7.94. The topological polar surface area (TPSA) is 29.5 Å². The van der Waals surface area contributed by atoms with Crippen molar-refractivity contribution in [3.63, 3.8) is 0 Å². The zero-order chi connectivity index (χ0) is 39.8. The Bertz CT molecular complexity index is 3430. The van der Waals surface area contributed by atoms with Crippen LogP contribution in [-0.4, -0.2) is 0 Å². The second-order valence-corrected chi connectivity index (χ2v) is 13.8. The van der Waals surface area contributed by atoms with Crippen molar-refractivity contribution in [1.82, 2.24) is 0 Å². The lowest BCUT2D eigenvalue weighted by Gasteiger charge is -2.28. The molecule has 3 nitrogen and oxygen atoms in total. The van der Waals surface area contributed by atoms with Crippen LogP contribution in [0, 0.1) is 0 Å². The number of anilines is 3. The number of benzene rings is 9. The second kappa shape index (κ2) is 12.6. The largest absolute Gasteiger partial charge is 0.456 e. The summed E-state index contributed by atoms with van der Waals surface area (Å²) >= 11 is 0. The van der Waals surface area contributed by atoms with Crippen LogP contribution in [0.4, 0.5) is 17.1 Å². The predicted molar refractivity (Wildman–Crippen MR) is 229 cm³/mol. The van der Waals surface area contributed by atoms with E-state index in [2.05, 4.69) is 66.7 Å². The van der Waals surface area contributed by atoms with Gasteiger partial charge in [0.05, 0.1) is 11.2 Å². The first-order chi connectivity index (χ1) is 28.9. The van der Waals surface area contributed by atoms with Crippen molar-refractivity contribution in [2.45, 2.75) is 0 Å². The Morgan fingerprint density at radius 2 is 0.964 bits per heavy atom. The molecule has 2 heterocycles. The first kappa shape index (κ1) is 27.3. The van der Waals surface area contributed by atoms with Crippen LogP contribution < -0.4 is 4.90 Å². The van der Waals surface area contributed by atoms with Crippen LogP contribution in [0.5, 0.6) is 0 Å². The van der Waals surface area contributed by atoms with Gasteiger partial charge in [0.1, 0.15) is 22.3 Å². The molecule has 0 amide bonds. The van der Waals surface area contributed by atoms with E-state index in [-0.39, 0.29) is 24.2 Å². The standard InChI is InChI=1S/C52H33NO2/c1-2-11-34(12-3-1)35-21-26-40(27-22-35)53(41-28-23-36(24-29-41)39-25-30-44-43-16-7-9-19-48(43)54-50(44)33-39)47-18-8-6-15-42(47)45-17-10-20-49-52(45)46-31-37-13-4-5-14-38(37)32-51(46)55-49/h1-33H/i6D,8D,15D,18D. The number of fused-ring (bicyclic) bond motifs is 7. The summed E-state index contributed by atoms with van der Waals surface area (Å²) in [4.78, 5) is 1.95. The minimum absolute atomic E-state index is 0.134. The van der Waals surface area contributed by atoms with Crippen molar-refractivity contribution in [2.75, 3.05) is 4.90 Å². The number of hydrogen-bond donors (Lipinski definition) is 0. The van der Waals surface area contributed by atoms with Gasteiger partial charge >= 0.3 is 0 Å². The highest BCUT2D eigenvalue weighted by molar-refractivity contribution is 6.16. The van der Waals surface area contributed by atoms with E-state index in [9.17, 15) is 2.74 Å². The van der Waals surface area contributed by atoms with Gasteiger partial charge in [0.15, 0.2) is 0 Å². The number of hydrogen-bond acceptors (Lipinski definition) is 3. The number of furan rings is 2. The molecule has 0 atom stereocenters. The normalized spacial score (nSPS) is 12.7. The Hall–Kier alpha value is -7.36. The van der Waals surface area contributed by atoms with Crippen molar-refractivity contribution >= 4 is 71.7 Å². The minimum atomic E-state index is -0.314. The molecule has 11 rings (SSSR count). The van der Waals surface area contributed by atoms with E-state index in [0.717, 1.165) is 77.1 Å². The van der Waals surface area contributed by atoms with Crippen LogP contribution in [0.15, 0.2) is 209 Å². The number of nitrogens with zero attached hydrogens (tertiary/aromatic N) is 1. The summed E-state index contributed by atoms with van der Waals surface area (Å²) in [5.74, 6) is 0. The minimum Gasteiger partial charge on any atom is -0.456 e. The van der Waals surface area contributed by atoms with Crippen LogP contribution in [0.2, 0.25) is 0 Å². The first-order valence-electron chi connectivity index (χ1n) is 20.3. The van der Waals surface area contributed by atoms with Gasteiger partial charge in [-0.05, 0) is 105 Å². The summed E-state index contributed by atoms with van der Waals surface area (Å²) in [5, 5.41) is 5.90. The van der Waals surface area contributed by atoms with Gasteiger partial charge in [0.2, 0.25) is 0 Å². The molecule has 0 saturated heterocycles. The highest BCUT2D eigenvalue weighted by Crippen LogP contribution is 2.46. The molecule has 0 unspecified atom stereocenters. The van der Waals surface area contributed by atoms with E-state index in [0.29, 0.717) is 28.0 Å². The van der Waals surface area contributed by atoms with Crippen molar-refractivity contribution in [1.29, 1.82) is 0 Å². The first-order valence-corrected chi connectivity index (χ1v) is 18.3. The Morgan fingerprint density at radius 1 is 0.382 bits per heavy atom. The molecule has 0 saturated carbocycles. The van der Waals surface area contributed by atoms with Crippen molar-refractivity contribution in [2.24, 2.45) is 0 Å². The molecule has 0 fully saturated rings. The van der Waals surface area contributed by atoms with Crippen LogP contribution in [-0.2, 0) is 0 Å². The maximum Gasteiger partial charge on any atom is 0.136 e. The van der Waals surface area contributed by atoms with Gasteiger partial charge in [0, 0.05) is 38.5 Å². The van der Waals surface area contributed by atoms with E-state index in [1.807, 2.05) is 114 Å². The molecule has 0 aliphatic rings. The molecule has 0 aliphatic heterocycles. The fourth-order valence-corrected chi connectivity index (χ4v) is 7.94. The van der Waals surface area contributed by atoms with Gasteiger partial charge in [-0.15, -0.1) is 0 Å². The molecule has 0 radical (unpaired) electrons. The molecule has 258 valence electrons. The maximum atomic E-state index is 9.60. The average molecular weight is 708 g/mol. The van der Waals surface area contributed by atoms with Gasteiger partial charge in [-0.1, -0.05) is 133 Å². The highest BCUT2D eigenvalue weighted by atomic mass is 16.3.